The number of hydrogen-bond donors (Lipinski definition) is 2. The molecule has 0 radical (unpaired) electrons. The largest absolute Gasteiger partial charge is 0.481 e. The molecular weight excluding hydrogens is 280 g/mol. The minimum absolute atomic E-state index is 0.0797. The average molecular weight is 300 g/mol. The molecule has 1 rings (SSSR count). The van der Waals surface area contributed by atoms with E-state index in [4.69, 9.17) is 5.11 Å². The normalized spacial score (nSPS) is 13.4. The zero-order chi connectivity index (χ0) is 15.3. The van der Waals surface area contributed by atoms with Crippen LogP contribution < -0.4 is 4.72 Å². The summed E-state index contributed by atoms with van der Waals surface area (Å²) in [5, 5.41) is 8.66. The van der Waals surface area contributed by atoms with E-state index in [0.29, 0.717) is 12.1 Å². The predicted octanol–water partition coefficient (Wildman–Crippen LogP) is 0.542. The average Bonchev–Trinajstić information content (AvgIpc) is 2.35. The molecular formula is C13H20N2O4S. The minimum Gasteiger partial charge on any atom is -0.481 e. The van der Waals surface area contributed by atoms with Gasteiger partial charge in [0.1, 0.15) is 0 Å². The highest BCUT2D eigenvalue weighted by atomic mass is 32.2. The lowest BCUT2D eigenvalue weighted by molar-refractivity contribution is -0.136. The van der Waals surface area contributed by atoms with Crippen LogP contribution in [-0.4, -0.2) is 51.1 Å². The summed E-state index contributed by atoms with van der Waals surface area (Å²) in [4.78, 5) is 12.6. The molecule has 0 fully saturated rings. The Morgan fingerprint density at radius 1 is 1.30 bits per heavy atom. The Hall–Kier alpha value is -1.44. The number of carbonyl (C=O) groups is 1. The van der Waals surface area contributed by atoms with Gasteiger partial charge in [0.25, 0.3) is 0 Å². The van der Waals surface area contributed by atoms with Crippen molar-refractivity contribution in [2.24, 2.45) is 0 Å². The van der Waals surface area contributed by atoms with Crippen molar-refractivity contribution >= 4 is 16.0 Å². The zero-order valence-corrected chi connectivity index (χ0v) is 12.6. The number of carboxylic acid groups (broad SMARTS) is 1. The monoisotopic (exact) mass is 300 g/mol. The Kier molecular flexibility index (Phi) is 5.67. The molecule has 0 aliphatic heterocycles. The van der Waals surface area contributed by atoms with Gasteiger partial charge in [0, 0.05) is 12.6 Å². The van der Waals surface area contributed by atoms with Crippen LogP contribution in [0.5, 0.6) is 0 Å². The SMILES string of the molecule is CC(CNS(=O)(=O)c1ccc(CC(=O)O)cc1)N(C)C. The first-order valence-corrected chi connectivity index (χ1v) is 7.67. The Morgan fingerprint density at radius 2 is 1.85 bits per heavy atom. The number of sulfonamides is 1. The topological polar surface area (TPSA) is 86.7 Å². The Morgan fingerprint density at radius 3 is 2.30 bits per heavy atom. The molecule has 6 nitrogen and oxygen atoms in total. The van der Waals surface area contributed by atoms with Gasteiger partial charge in [-0.1, -0.05) is 12.1 Å². The van der Waals surface area contributed by atoms with Gasteiger partial charge < -0.3 is 10.0 Å². The van der Waals surface area contributed by atoms with E-state index >= 15 is 0 Å². The van der Waals surface area contributed by atoms with Gasteiger partial charge in [-0.3, -0.25) is 4.79 Å². The van der Waals surface area contributed by atoms with Gasteiger partial charge in [-0.15, -0.1) is 0 Å². The molecule has 20 heavy (non-hydrogen) atoms. The van der Waals surface area contributed by atoms with Crippen LogP contribution in [0.2, 0.25) is 0 Å². The van der Waals surface area contributed by atoms with Crippen molar-refractivity contribution in [1.29, 1.82) is 0 Å². The maximum absolute atomic E-state index is 12.0. The molecule has 1 aromatic carbocycles. The zero-order valence-electron chi connectivity index (χ0n) is 11.8. The molecule has 0 aliphatic carbocycles. The molecule has 0 bridgehead atoms. The predicted molar refractivity (Wildman–Crippen MR) is 76.1 cm³/mol. The summed E-state index contributed by atoms with van der Waals surface area (Å²) in [7, 11) is 0.191. The van der Waals surface area contributed by atoms with Crippen LogP contribution in [0, 0.1) is 0 Å². The smallest absolute Gasteiger partial charge is 0.307 e. The van der Waals surface area contributed by atoms with Crippen molar-refractivity contribution in [1.82, 2.24) is 9.62 Å². The van der Waals surface area contributed by atoms with Crippen molar-refractivity contribution in [2.45, 2.75) is 24.3 Å². The van der Waals surface area contributed by atoms with Gasteiger partial charge in [0.05, 0.1) is 11.3 Å². The lowest BCUT2D eigenvalue weighted by Crippen LogP contribution is -2.38. The van der Waals surface area contributed by atoms with Crippen LogP contribution in [0.25, 0.3) is 0 Å². The highest BCUT2D eigenvalue weighted by Gasteiger charge is 2.16. The van der Waals surface area contributed by atoms with E-state index in [0.717, 1.165) is 0 Å². The van der Waals surface area contributed by atoms with Crippen LogP contribution >= 0.6 is 0 Å². The van der Waals surface area contributed by atoms with E-state index in [-0.39, 0.29) is 17.4 Å². The van der Waals surface area contributed by atoms with Crippen molar-refractivity contribution < 1.29 is 18.3 Å². The van der Waals surface area contributed by atoms with Crippen LogP contribution in [0.15, 0.2) is 29.2 Å². The standard InChI is InChI=1S/C13H20N2O4S/c1-10(15(2)3)9-14-20(18,19)12-6-4-11(5-7-12)8-13(16)17/h4-7,10,14H,8-9H2,1-3H3,(H,16,17). The highest BCUT2D eigenvalue weighted by molar-refractivity contribution is 7.89. The fraction of sp³-hybridized carbons (Fsp3) is 0.462. The van der Waals surface area contributed by atoms with Crippen molar-refractivity contribution in [3.8, 4) is 0 Å². The van der Waals surface area contributed by atoms with E-state index < -0.39 is 16.0 Å². The van der Waals surface area contributed by atoms with Gasteiger partial charge in [-0.25, -0.2) is 13.1 Å². The molecule has 7 heteroatoms. The number of likely N-dealkylation sites (N-methyl/N-ethyl adjacent to an activating group) is 1. The first-order valence-electron chi connectivity index (χ1n) is 6.19. The van der Waals surface area contributed by atoms with E-state index in [1.165, 1.54) is 24.3 Å². The summed E-state index contributed by atoms with van der Waals surface area (Å²) in [6, 6.07) is 5.94. The van der Waals surface area contributed by atoms with Crippen molar-refractivity contribution in [2.75, 3.05) is 20.6 Å². The van der Waals surface area contributed by atoms with Gasteiger partial charge in [0.15, 0.2) is 0 Å². The molecule has 1 atom stereocenters. The maximum Gasteiger partial charge on any atom is 0.307 e. The van der Waals surface area contributed by atoms with Gasteiger partial charge in [0.2, 0.25) is 10.0 Å². The first-order chi connectivity index (χ1) is 9.22. The first kappa shape index (κ1) is 16.6. The molecule has 1 aromatic rings. The van der Waals surface area contributed by atoms with Crippen molar-refractivity contribution in [3.63, 3.8) is 0 Å². The van der Waals surface area contributed by atoms with Crippen LogP contribution in [-0.2, 0) is 21.2 Å². The molecule has 0 amide bonds. The maximum atomic E-state index is 12.0. The molecule has 0 spiro atoms. The Labute approximate surface area is 119 Å². The Balaban J connectivity index is 2.75. The molecule has 0 saturated carbocycles. The van der Waals surface area contributed by atoms with E-state index in [1.807, 2.05) is 25.9 Å². The van der Waals surface area contributed by atoms with Crippen molar-refractivity contribution in [3.05, 3.63) is 29.8 Å². The third kappa shape index (κ3) is 4.92. The van der Waals surface area contributed by atoms with Crippen LogP contribution in [0.1, 0.15) is 12.5 Å². The highest BCUT2D eigenvalue weighted by Crippen LogP contribution is 2.11. The second-order valence-electron chi connectivity index (χ2n) is 4.88. The second kappa shape index (κ2) is 6.83. The van der Waals surface area contributed by atoms with Gasteiger partial charge >= 0.3 is 5.97 Å². The summed E-state index contributed by atoms with van der Waals surface area (Å²) in [6.45, 7) is 2.23. The third-order valence-electron chi connectivity index (χ3n) is 3.04. The number of benzene rings is 1. The molecule has 2 N–H and O–H groups in total. The quantitative estimate of drug-likeness (QED) is 0.767. The second-order valence-corrected chi connectivity index (χ2v) is 6.65. The summed E-state index contributed by atoms with van der Waals surface area (Å²) in [5.41, 5.74) is 0.568. The molecule has 0 saturated heterocycles. The van der Waals surface area contributed by atoms with Gasteiger partial charge in [-0.2, -0.15) is 0 Å². The summed E-state index contributed by atoms with van der Waals surface area (Å²) in [5.74, 6) is -0.946. The molecule has 112 valence electrons. The number of aliphatic carboxylic acids is 1. The molecule has 0 heterocycles. The summed E-state index contributed by atoms with van der Waals surface area (Å²) < 4.78 is 26.6. The lowest BCUT2D eigenvalue weighted by atomic mass is 10.2. The number of nitrogens with one attached hydrogen (secondary N) is 1. The number of hydrogen-bond acceptors (Lipinski definition) is 4. The minimum atomic E-state index is -3.56. The third-order valence-corrected chi connectivity index (χ3v) is 4.48. The number of nitrogens with zero attached hydrogens (tertiary/aromatic N) is 1. The summed E-state index contributed by atoms with van der Waals surface area (Å²) >= 11 is 0. The van der Waals surface area contributed by atoms with Crippen LogP contribution in [0.3, 0.4) is 0 Å². The fourth-order valence-corrected chi connectivity index (χ4v) is 2.58. The summed E-state index contributed by atoms with van der Waals surface area (Å²) in [6.07, 6.45) is -0.120. The molecule has 1 unspecified atom stereocenters. The Bertz CT molecular complexity index is 552. The fourth-order valence-electron chi connectivity index (χ4n) is 1.46. The molecule has 0 aromatic heterocycles. The van der Waals surface area contributed by atoms with E-state index in [2.05, 4.69) is 4.72 Å². The van der Waals surface area contributed by atoms with Crippen LogP contribution in [0.4, 0.5) is 0 Å². The number of rotatable bonds is 7. The number of carboxylic acids is 1. The van der Waals surface area contributed by atoms with E-state index in [1.54, 1.807) is 0 Å². The lowest BCUT2D eigenvalue weighted by Gasteiger charge is -2.20. The van der Waals surface area contributed by atoms with E-state index in [9.17, 15) is 13.2 Å². The van der Waals surface area contributed by atoms with Gasteiger partial charge in [-0.05, 0) is 38.7 Å². The molecule has 0 aliphatic rings.